The van der Waals surface area contributed by atoms with Crippen LogP contribution in [0.25, 0.3) is 0 Å². The van der Waals surface area contributed by atoms with Crippen LogP contribution >= 0.6 is 15.9 Å². The molecule has 1 rings (SSSR count). The number of hydrogen-bond acceptors (Lipinski definition) is 1. The Kier molecular flexibility index (Phi) is 4.24. The van der Waals surface area contributed by atoms with Crippen molar-refractivity contribution in [3.63, 3.8) is 0 Å². The molecule has 0 saturated heterocycles. The van der Waals surface area contributed by atoms with Crippen LogP contribution in [0.5, 0.6) is 5.75 Å². The molecule has 1 aromatic carbocycles. The fourth-order valence-electron chi connectivity index (χ4n) is 1.24. The Bertz CT molecular complexity index is 361. The molecule has 0 amide bonds. The van der Waals surface area contributed by atoms with Crippen molar-refractivity contribution in [2.24, 2.45) is 0 Å². The first-order chi connectivity index (χ1) is 7.34. The number of ether oxygens (including phenoxy) is 1. The molecule has 0 bridgehead atoms. The van der Waals surface area contributed by atoms with E-state index in [1.54, 1.807) is 19.9 Å². The van der Waals surface area contributed by atoms with Gasteiger partial charge in [0.1, 0.15) is 5.75 Å². The van der Waals surface area contributed by atoms with E-state index in [1.165, 1.54) is 6.07 Å². The van der Waals surface area contributed by atoms with Gasteiger partial charge in [-0.25, -0.2) is 0 Å². The van der Waals surface area contributed by atoms with Crippen molar-refractivity contribution >= 4 is 15.9 Å². The highest BCUT2D eigenvalue weighted by Gasteiger charge is 2.34. The van der Waals surface area contributed by atoms with Gasteiger partial charge in [-0.3, -0.25) is 0 Å². The van der Waals surface area contributed by atoms with Crippen LogP contribution in [0, 0.1) is 0 Å². The fraction of sp³-hybridized carbons (Fsp3) is 0.455. The summed E-state index contributed by atoms with van der Waals surface area (Å²) in [7, 11) is 0. The monoisotopic (exact) mass is 296 g/mol. The predicted octanol–water partition coefficient (Wildman–Crippen LogP) is 4.39. The van der Waals surface area contributed by atoms with Gasteiger partial charge < -0.3 is 4.74 Å². The predicted molar refractivity (Wildman–Crippen MR) is 59.8 cm³/mol. The molecule has 0 heterocycles. The summed E-state index contributed by atoms with van der Waals surface area (Å²) in [4.78, 5) is 0. The summed E-state index contributed by atoms with van der Waals surface area (Å²) >= 11 is 3.13. The first kappa shape index (κ1) is 13.4. The van der Waals surface area contributed by atoms with Gasteiger partial charge in [-0.2, -0.15) is 13.2 Å². The Hall–Kier alpha value is -0.710. The molecule has 0 aliphatic heterocycles. The third-order valence-electron chi connectivity index (χ3n) is 1.87. The van der Waals surface area contributed by atoms with Gasteiger partial charge in [-0.05, 0) is 31.5 Å². The molecule has 0 atom stereocenters. The third-order valence-corrected chi connectivity index (χ3v) is 2.51. The highest BCUT2D eigenvalue weighted by Crippen LogP contribution is 2.37. The number of halogens is 4. The van der Waals surface area contributed by atoms with Crippen LogP contribution in [0.2, 0.25) is 0 Å². The van der Waals surface area contributed by atoms with Crippen LogP contribution in [-0.4, -0.2) is 6.10 Å². The van der Waals surface area contributed by atoms with Crippen molar-refractivity contribution in [2.45, 2.75) is 31.5 Å². The van der Waals surface area contributed by atoms with Crippen molar-refractivity contribution in [1.82, 2.24) is 0 Å². The van der Waals surface area contributed by atoms with Crippen molar-refractivity contribution in [2.75, 3.05) is 0 Å². The molecular formula is C11H12BrF3O. The summed E-state index contributed by atoms with van der Waals surface area (Å²) in [5.41, 5.74) is -0.151. The van der Waals surface area contributed by atoms with Crippen LogP contribution in [0.1, 0.15) is 25.0 Å². The molecule has 0 spiro atoms. The van der Waals surface area contributed by atoms with Crippen molar-refractivity contribution in [1.29, 1.82) is 0 Å². The van der Waals surface area contributed by atoms with Gasteiger partial charge in [0.05, 0.1) is 11.7 Å². The maximum Gasteiger partial charge on any atom is 0.419 e. The molecule has 0 aliphatic rings. The summed E-state index contributed by atoms with van der Waals surface area (Å²) in [6.45, 7) is 3.39. The van der Waals surface area contributed by atoms with E-state index in [0.717, 1.165) is 6.07 Å². The average molecular weight is 297 g/mol. The van der Waals surface area contributed by atoms with E-state index in [9.17, 15) is 13.2 Å². The van der Waals surface area contributed by atoms with Gasteiger partial charge >= 0.3 is 6.18 Å². The highest BCUT2D eigenvalue weighted by atomic mass is 79.9. The first-order valence-corrected chi connectivity index (χ1v) is 5.89. The van der Waals surface area contributed by atoms with Gasteiger partial charge in [0.25, 0.3) is 0 Å². The topological polar surface area (TPSA) is 9.23 Å². The lowest BCUT2D eigenvalue weighted by Crippen LogP contribution is -2.13. The SMILES string of the molecule is CC(C)Oc1ccc(CBr)cc1C(F)(F)F. The Morgan fingerprint density at radius 1 is 1.31 bits per heavy atom. The summed E-state index contributed by atoms with van der Waals surface area (Å²) < 4.78 is 43.3. The molecule has 0 N–H and O–H groups in total. The Labute approximate surface area is 101 Å². The number of alkyl halides is 4. The van der Waals surface area contributed by atoms with Gasteiger partial charge in [-0.15, -0.1) is 0 Å². The van der Waals surface area contributed by atoms with E-state index in [4.69, 9.17) is 4.74 Å². The second kappa shape index (κ2) is 5.08. The van der Waals surface area contributed by atoms with Gasteiger partial charge in [0, 0.05) is 5.33 Å². The van der Waals surface area contributed by atoms with Crippen LogP contribution in [0.4, 0.5) is 13.2 Å². The highest BCUT2D eigenvalue weighted by molar-refractivity contribution is 9.08. The maximum atomic E-state index is 12.7. The molecule has 0 fully saturated rings. The van der Waals surface area contributed by atoms with Crippen LogP contribution in [-0.2, 0) is 11.5 Å². The summed E-state index contributed by atoms with van der Waals surface area (Å²) in [5, 5.41) is 0.387. The normalized spacial score (nSPS) is 11.9. The largest absolute Gasteiger partial charge is 0.490 e. The van der Waals surface area contributed by atoms with E-state index >= 15 is 0 Å². The maximum absolute atomic E-state index is 12.7. The minimum Gasteiger partial charge on any atom is -0.490 e. The smallest absolute Gasteiger partial charge is 0.419 e. The zero-order chi connectivity index (χ0) is 12.3. The molecule has 0 saturated carbocycles. The third kappa shape index (κ3) is 3.40. The van der Waals surface area contributed by atoms with E-state index in [0.29, 0.717) is 10.9 Å². The van der Waals surface area contributed by atoms with E-state index in [1.807, 2.05) is 0 Å². The van der Waals surface area contributed by atoms with E-state index in [2.05, 4.69) is 15.9 Å². The minimum absolute atomic E-state index is 0.118. The quantitative estimate of drug-likeness (QED) is 0.752. The van der Waals surface area contributed by atoms with Crippen LogP contribution in [0.15, 0.2) is 18.2 Å². The van der Waals surface area contributed by atoms with Crippen molar-refractivity contribution < 1.29 is 17.9 Å². The fourth-order valence-corrected chi connectivity index (χ4v) is 1.59. The van der Waals surface area contributed by atoms with Gasteiger partial charge in [0.2, 0.25) is 0 Å². The molecule has 1 aromatic rings. The van der Waals surface area contributed by atoms with E-state index in [-0.39, 0.29) is 11.9 Å². The number of hydrogen-bond donors (Lipinski definition) is 0. The molecule has 0 unspecified atom stereocenters. The second-order valence-electron chi connectivity index (χ2n) is 3.63. The molecular weight excluding hydrogens is 285 g/mol. The lowest BCUT2D eigenvalue weighted by molar-refractivity contribution is -0.139. The first-order valence-electron chi connectivity index (χ1n) is 4.77. The lowest BCUT2D eigenvalue weighted by Gasteiger charge is -2.16. The van der Waals surface area contributed by atoms with Crippen LogP contribution < -0.4 is 4.74 Å². The molecule has 16 heavy (non-hydrogen) atoms. The lowest BCUT2D eigenvalue weighted by atomic mass is 10.1. The zero-order valence-electron chi connectivity index (χ0n) is 8.94. The number of rotatable bonds is 3. The Morgan fingerprint density at radius 2 is 1.94 bits per heavy atom. The molecule has 0 radical (unpaired) electrons. The Morgan fingerprint density at radius 3 is 2.38 bits per heavy atom. The summed E-state index contributed by atoms with van der Waals surface area (Å²) in [6, 6.07) is 4.08. The van der Waals surface area contributed by atoms with Crippen LogP contribution in [0.3, 0.4) is 0 Å². The van der Waals surface area contributed by atoms with Crippen molar-refractivity contribution in [3.8, 4) is 5.75 Å². The molecule has 1 nitrogen and oxygen atoms in total. The van der Waals surface area contributed by atoms with Crippen molar-refractivity contribution in [3.05, 3.63) is 29.3 Å². The summed E-state index contributed by atoms with van der Waals surface area (Å²) in [6.07, 6.45) is -4.67. The minimum atomic E-state index is -4.39. The van der Waals surface area contributed by atoms with Gasteiger partial charge in [-0.1, -0.05) is 22.0 Å². The zero-order valence-corrected chi connectivity index (χ0v) is 10.5. The van der Waals surface area contributed by atoms with E-state index < -0.39 is 11.7 Å². The molecule has 0 aromatic heterocycles. The molecule has 90 valence electrons. The number of benzene rings is 1. The molecule has 5 heteroatoms. The molecule has 0 aliphatic carbocycles. The summed E-state index contributed by atoms with van der Waals surface area (Å²) in [5.74, 6) is -0.118. The standard InChI is InChI=1S/C11H12BrF3O/c1-7(2)16-10-4-3-8(6-12)5-9(10)11(13,14)15/h3-5,7H,6H2,1-2H3. The second-order valence-corrected chi connectivity index (χ2v) is 4.19. The Balaban J connectivity index is 3.17. The van der Waals surface area contributed by atoms with Gasteiger partial charge in [0.15, 0.2) is 0 Å². The average Bonchev–Trinajstić information content (AvgIpc) is 2.15.